The number of fused-ring (bicyclic) bond motifs is 1. The van der Waals surface area contributed by atoms with E-state index in [1.807, 2.05) is 42.5 Å². The van der Waals surface area contributed by atoms with E-state index in [-0.39, 0.29) is 10.6 Å². The first-order valence-corrected chi connectivity index (χ1v) is 10.8. The second-order valence-electron chi connectivity index (χ2n) is 6.78. The standard InChI is InChI=1S/C23H19NO3S/c1-28(26,27)23-12-6-10-21-20(23)14-17(15-24-21)18-9-5-11-22(25)19(18)13-16-7-3-2-4-8-16/h2-12,14-15,25H,13H2,1H3. The molecule has 4 aromatic rings. The van der Waals surface area contributed by atoms with Crippen molar-refractivity contribution in [1.29, 1.82) is 0 Å². The summed E-state index contributed by atoms with van der Waals surface area (Å²) in [6.07, 6.45) is 3.48. The van der Waals surface area contributed by atoms with E-state index in [9.17, 15) is 13.5 Å². The molecule has 4 nitrogen and oxygen atoms in total. The molecule has 4 rings (SSSR count). The van der Waals surface area contributed by atoms with E-state index in [0.29, 0.717) is 17.3 Å². The SMILES string of the molecule is CS(=O)(=O)c1cccc2ncc(-c3cccc(O)c3Cc3ccccc3)cc12. The van der Waals surface area contributed by atoms with Crippen molar-refractivity contribution in [1.82, 2.24) is 4.98 Å². The van der Waals surface area contributed by atoms with E-state index < -0.39 is 9.84 Å². The van der Waals surface area contributed by atoms with Crippen molar-refractivity contribution in [2.24, 2.45) is 0 Å². The van der Waals surface area contributed by atoms with Crippen LogP contribution >= 0.6 is 0 Å². The Morgan fingerprint density at radius 3 is 2.43 bits per heavy atom. The molecule has 1 aromatic heterocycles. The molecule has 5 heteroatoms. The van der Waals surface area contributed by atoms with Crippen LogP contribution in [-0.4, -0.2) is 24.8 Å². The first-order chi connectivity index (χ1) is 13.4. The summed E-state index contributed by atoms with van der Waals surface area (Å²) in [6, 6.07) is 22.2. The Bertz CT molecular complexity index is 1270. The lowest BCUT2D eigenvalue weighted by atomic mass is 9.94. The summed E-state index contributed by atoms with van der Waals surface area (Å²) in [5.74, 6) is 0.206. The van der Waals surface area contributed by atoms with Gasteiger partial charge in [0.05, 0.1) is 10.4 Å². The topological polar surface area (TPSA) is 67.3 Å². The van der Waals surface area contributed by atoms with Gasteiger partial charge in [0, 0.05) is 35.4 Å². The van der Waals surface area contributed by atoms with Crippen molar-refractivity contribution >= 4 is 20.7 Å². The van der Waals surface area contributed by atoms with E-state index in [4.69, 9.17) is 0 Å². The summed E-state index contributed by atoms with van der Waals surface area (Å²) in [5, 5.41) is 11.1. The molecule has 0 saturated carbocycles. The second-order valence-corrected chi connectivity index (χ2v) is 8.77. The monoisotopic (exact) mass is 389 g/mol. The molecule has 0 aliphatic heterocycles. The number of sulfone groups is 1. The summed E-state index contributed by atoms with van der Waals surface area (Å²) in [7, 11) is -3.38. The number of aromatic hydroxyl groups is 1. The van der Waals surface area contributed by atoms with Crippen LogP contribution in [0.15, 0.2) is 83.9 Å². The third kappa shape index (κ3) is 3.49. The van der Waals surface area contributed by atoms with Gasteiger partial charge in [0.15, 0.2) is 9.84 Å². The molecule has 0 atom stereocenters. The van der Waals surface area contributed by atoms with Gasteiger partial charge in [0.1, 0.15) is 5.75 Å². The van der Waals surface area contributed by atoms with Crippen molar-refractivity contribution in [3.05, 3.63) is 90.1 Å². The van der Waals surface area contributed by atoms with Gasteiger partial charge in [-0.05, 0) is 35.4 Å². The van der Waals surface area contributed by atoms with E-state index in [2.05, 4.69) is 4.98 Å². The lowest BCUT2D eigenvalue weighted by Gasteiger charge is -2.13. The summed E-state index contributed by atoms with van der Waals surface area (Å²) in [5.41, 5.74) is 4.09. The Balaban J connectivity index is 1.90. The van der Waals surface area contributed by atoms with Crippen LogP contribution in [0.2, 0.25) is 0 Å². The maximum Gasteiger partial charge on any atom is 0.176 e. The molecule has 0 unspecified atom stereocenters. The molecule has 0 aliphatic carbocycles. The van der Waals surface area contributed by atoms with Crippen LogP contribution in [0.5, 0.6) is 5.75 Å². The number of pyridine rings is 1. The van der Waals surface area contributed by atoms with Gasteiger partial charge in [0.2, 0.25) is 0 Å². The van der Waals surface area contributed by atoms with E-state index >= 15 is 0 Å². The number of phenols is 1. The quantitative estimate of drug-likeness (QED) is 0.554. The highest BCUT2D eigenvalue weighted by Gasteiger charge is 2.15. The molecule has 1 heterocycles. The fraction of sp³-hybridized carbons (Fsp3) is 0.0870. The second kappa shape index (κ2) is 7.09. The minimum absolute atomic E-state index is 0.206. The summed E-state index contributed by atoms with van der Waals surface area (Å²) in [4.78, 5) is 4.72. The highest BCUT2D eigenvalue weighted by molar-refractivity contribution is 7.91. The normalized spacial score (nSPS) is 11.6. The molecule has 0 radical (unpaired) electrons. The highest BCUT2D eigenvalue weighted by Crippen LogP contribution is 2.34. The molecule has 0 saturated heterocycles. The Hall–Kier alpha value is -3.18. The largest absolute Gasteiger partial charge is 0.508 e. The maximum atomic E-state index is 12.2. The molecular weight excluding hydrogens is 370 g/mol. The van der Waals surface area contributed by atoms with Crippen LogP contribution in [0.25, 0.3) is 22.0 Å². The molecule has 1 N–H and O–H groups in total. The minimum Gasteiger partial charge on any atom is -0.508 e. The zero-order valence-corrected chi connectivity index (χ0v) is 16.1. The number of phenolic OH excluding ortho intramolecular Hbond substituents is 1. The van der Waals surface area contributed by atoms with Crippen molar-refractivity contribution in [2.75, 3.05) is 6.26 Å². The number of rotatable bonds is 4. The first kappa shape index (κ1) is 18.2. The van der Waals surface area contributed by atoms with Crippen molar-refractivity contribution in [2.45, 2.75) is 11.3 Å². The van der Waals surface area contributed by atoms with E-state index in [1.54, 1.807) is 36.5 Å². The predicted molar refractivity (Wildman–Crippen MR) is 111 cm³/mol. The van der Waals surface area contributed by atoms with Gasteiger partial charge in [0.25, 0.3) is 0 Å². The third-order valence-electron chi connectivity index (χ3n) is 4.77. The van der Waals surface area contributed by atoms with Crippen LogP contribution in [-0.2, 0) is 16.3 Å². The van der Waals surface area contributed by atoms with Gasteiger partial charge in [-0.25, -0.2) is 8.42 Å². The number of hydrogen-bond acceptors (Lipinski definition) is 4. The molecule has 0 aliphatic rings. The van der Waals surface area contributed by atoms with Crippen molar-refractivity contribution in [3.63, 3.8) is 0 Å². The first-order valence-electron chi connectivity index (χ1n) is 8.87. The summed E-state index contributed by atoms with van der Waals surface area (Å²) < 4.78 is 24.4. The zero-order chi connectivity index (χ0) is 19.7. The van der Waals surface area contributed by atoms with Crippen LogP contribution in [0.1, 0.15) is 11.1 Å². The predicted octanol–water partition coefficient (Wildman–Crippen LogP) is 4.60. The third-order valence-corrected chi connectivity index (χ3v) is 5.93. The van der Waals surface area contributed by atoms with Gasteiger partial charge >= 0.3 is 0 Å². The number of aromatic nitrogens is 1. The molecule has 0 spiro atoms. The summed E-state index contributed by atoms with van der Waals surface area (Å²) >= 11 is 0. The lowest BCUT2D eigenvalue weighted by Crippen LogP contribution is -1.99. The number of benzene rings is 3. The van der Waals surface area contributed by atoms with Crippen molar-refractivity contribution < 1.29 is 13.5 Å². The van der Waals surface area contributed by atoms with E-state index in [0.717, 1.165) is 22.3 Å². The van der Waals surface area contributed by atoms with Gasteiger partial charge in [-0.3, -0.25) is 4.98 Å². The smallest absolute Gasteiger partial charge is 0.176 e. The van der Waals surface area contributed by atoms with Crippen molar-refractivity contribution in [3.8, 4) is 16.9 Å². The maximum absolute atomic E-state index is 12.2. The average molecular weight is 389 g/mol. The number of nitrogens with zero attached hydrogens (tertiary/aromatic N) is 1. The fourth-order valence-electron chi connectivity index (χ4n) is 3.42. The Labute approximate surface area is 164 Å². The van der Waals surface area contributed by atoms with Gasteiger partial charge in [-0.2, -0.15) is 0 Å². The minimum atomic E-state index is -3.38. The molecule has 0 fully saturated rings. The summed E-state index contributed by atoms with van der Waals surface area (Å²) in [6.45, 7) is 0. The highest BCUT2D eigenvalue weighted by atomic mass is 32.2. The van der Waals surface area contributed by atoms with Crippen LogP contribution in [0, 0.1) is 0 Å². The zero-order valence-electron chi connectivity index (χ0n) is 15.3. The Morgan fingerprint density at radius 1 is 0.929 bits per heavy atom. The molecule has 28 heavy (non-hydrogen) atoms. The molecule has 0 amide bonds. The number of hydrogen-bond donors (Lipinski definition) is 1. The van der Waals surface area contributed by atoms with Crippen LogP contribution in [0.3, 0.4) is 0 Å². The molecule has 3 aromatic carbocycles. The van der Waals surface area contributed by atoms with E-state index in [1.165, 1.54) is 6.26 Å². The Kier molecular flexibility index (Phi) is 4.61. The van der Waals surface area contributed by atoms with Gasteiger partial charge in [-0.15, -0.1) is 0 Å². The molecule has 140 valence electrons. The van der Waals surface area contributed by atoms with Gasteiger partial charge in [-0.1, -0.05) is 48.5 Å². The molecular formula is C23H19NO3S. The Morgan fingerprint density at radius 2 is 1.68 bits per heavy atom. The average Bonchev–Trinajstić information content (AvgIpc) is 2.69. The van der Waals surface area contributed by atoms with Crippen LogP contribution in [0.4, 0.5) is 0 Å². The van der Waals surface area contributed by atoms with Gasteiger partial charge < -0.3 is 5.11 Å². The molecule has 0 bridgehead atoms. The lowest BCUT2D eigenvalue weighted by molar-refractivity contribution is 0.470. The fourth-order valence-corrected chi connectivity index (χ4v) is 4.31. The van der Waals surface area contributed by atoms with Crippen LogP contribution < -0.4 is 0 Å².